The number of hydrogen-bond donors (Lipinski definition) is 0. The van der Waals surface area contributed by atoms with Crippen molar-refractivity contribution in [2.75, 3.05) is 6.54 Å². The molecule has 1 atom stereocenters. The SMILES string of the molecule is N#CC1CN(I)N=N1. The fraction of sp³-hybridized carbons (Fsp3) is 0.667. The van der Waals surface area contributed by atoms with Crippen LogP contribution >= 0.6 is 22.9 Å². The lowest BCUT2D eigenvalue weighted by atomic mass is 10.4. The highest BCUT2D eigenvalue weighted by Crippen LogP contribution is 2.11. The molecule has 8 heavy (non-hydrogen) atoms. The molecular formula is C3H3IN4. The highest BCUT2D eigenvalue weighted by molar-refractivity contribution is 14.1. The van der Waals surface area contributed by atoms with E-state index < -0.39 is 0 Å². The van der Waals surface area contributed by atoms with Crippen LogP contribution in [0.5, 0.6) is 0 Å². The predicted molar refractivity (Wildman–Crippen MR) is 35.0 cm³/mol. The molecule has 4 nitrogen and oxygen atoms in total. The Balaban J connectivity index is 2.49. The average Bonchev–Trinajstić information content (AvgIpc) is 2.14. The zero-order chi connectivity index (χ0) is 5.98. The van der Waals surface area contributed by atoms with E-state index in [0.29, 0.717) is 6.54 Å². The van der Waals surface area contributed by atoms with Crippen LogP contribution < -0.4 is 0 Å². The summed E-state index contributed by atoms with van der Waals surface area (Å²) in [6, 6.07) is 1.74. The van der Waals surface area contributed by atoms with Crippen LogP contribution in [0.1, 0.15) is 0 Å². The molecule has 0 spiro atoms. The van der Waals surface area contributed by atoms with Crippen LogP contribution in [-0.4, -0.2) is 15.8 Å². The van der Waals surface area contributed by atoms with Gasteiger partial charge >= 0.3 is 0 Å². The van der Waals surface area contributed by atoms with Gasteiger partial charge in [-0.15, -0.1) is 5.11 Å². The average molecular weight is 222 g/mol. The molecule has 1 rings (SSSR count). The van der Waals surface area contributed by atoms with E-state index in [4.69, 9.17) is 5.26 Å². The van der Waals surface area contributed by atoms with E-state index in [0.717, 1.165) is 0 Å². The van der Waals surface area contributed by atoms with Gasteiger partial charge in [0.2, 0.25) is 0 Å². The molecule has 1 aliphatic rings. The number of halogens is 1. The van der Waals surface area contributed by atoms with E-state index in [1.165, 1.54) is 0 Å². The van der Waals surface area contributed by atoms with Crippen molar-refractivity contribution in [2.24, 2.45) is 10.3 Å². The molecule has 0 N–H and O–H groups in total. The summed E-state index contributed by atoms with van der Waals surface area (Å²) >= 11 is 1.99. The fourth-order valence-corrected chi connectivity index (χ4v) is 0.885. The third kappa shape index (κ3) is 1.06. The standard InChI is InChI=1S/C3H3IN4/c4-8-2-3(1-5)6-7-8/h3H,2H2. The number of nitriles is 1. The van der Waals surface area contributed by atoms with Crippen LogP contribution in [0, 0.1) is 11.3 Å². The molecule has 1 aliphatic heterocycles. The fourth-order valence-electron chi connectivity index (χ4n) is 0.401. The first kappa shape index (κ1) is 5.75. The van der Waals surface area contributed by atoms with Gasteiger partial charge in [0.25, 0.3) is 0 Å². The number of nitrogens with zero attached hydrogens (tertiary/aromatic N) is 4. The Bertz CT molecular complexity index is 148. The molecule has 0 aromatic rings. The van der Waals surface area contributed by atoms with Gasteiger partial charge in [0, 0.05) is 0 Å². The Morgan fingerprint density at radius 3 is 2.88 bits per heavy atom. The first-order chi connectivity index (χ1) is 3.83. The zero-order valence-electron chi connectivity index (χ0n) is 3.95. The third-order valence-corrected chi connectivity index (χ3v) is 1.35. The molecule has 0 aromatic heterocycles. The van der Waals surface area contributed by atoms with E-state index in [9.17, 15) is 0 Å². The molecule has 42 valence electrons. The Hall–Kier alpha value is -0.380. The van der Waals surface area contributed by atoms with Gasteiger partial charge < -0.3 is 0 Å². The van der Waals surface area contributed by atoms with Gasteiger partial charge in [-0.25, -0.2) is 3.22 Å². The topological polar surface area (TPSA) is 51.8 Å². The van der Waals surface area contributed by atoms with Crippen LogP contribution in [0.2, 0.25) is 0 Å². The zero-order valence-corrected chi connectivity index (χ0v) is 6.11. The summed E-state index contributed by atoms with van der Waals surface area (Å²) in [6.45, 7) is 0.622. The summed E-state index contributed by atoms with van der Waals surface area (Å²) in [7, 11) is 0. The van der Waals surface area contributed by atoms with Crippen molar-refractivity contribution in [1.82, 2.24) is 3.22 Å². The second-order valence-corrected chi connectivity index (χ2v) is 2.48. The molecule has 0 aliphatic carbocycles. The van der Waals surface area contributed by atoms with Crippen LogP contribution in [0.25, 0.3) is 0 Å². The maximum Gasteiger partial charge on any atom is 0.179 e. The van der Waals surface area contributed by atoms with Crippen LogP contribution in [-0.2, 0) is 0 Å². The van der Waals surface area contributed by atoms with Crippen molar-refractivity contribution in [1.29, 1.82) is 5.26 Å². The molecule has 1 heterocycles. The van der Waals surface area contributed by atoms with Crippen LogP contribution in [0.15, 0.2) is 10.3 Å². The molecule has 1 unspecified atom stereocenters. The Kier molecular flexibility index (Phi) is 1.62. The monoisotopic (exact) mass is 222 g/mol. The van der Waals surface area contributed by atoms with E-state index in [1.54, 1.807) is 3.22 Å². The quantitative estimate of drug-likeness (QED) is 0.451. The smallest absolute Gasteiger partial charge is 0.179 e. The van der Waals surface area contributed by atoms with Gasteiger partial charge in [-0.3, -0.25) is 0 Å². The maximum absolute atomic E-state index is 8.25. The molecule has 5 heteroatoms. The van der Waals surface area contributed by atoms with Gasteiger partial charge in [0.05, 0.1) is 35.5 Å². The Labute approximate surface area is 60.7 Å². The summed E-state index contributed by atoms with van der Waals surface area (Å²) in [6.07, 6.45) is 0. The van der Waals surface area contributed by atoms with E-state index in [1.807, 2.05) is 28.9 Å². The lowest BCUT2D eigenvalue weighted by Gasteiger charge is -1.95. The summed E-state index contributed by atoms with van der Waals surface area (Å²) in [4.78, 5) is 0. The maximum atomic E-state index is 8.25. The molecule has 0 radical (unpaired) electrons. The molecule has 0 fully saturated rings. The van der Waals surface area contributed by atoms with Gasteiger partial charge in [-0.2, -0.15) is 5.26 Å². The third-order valence-electron chi connectivity index (χ3n) is 0.761. The summed E-state index contributed by atoms with van der Waals surface area (Å²) in [5.74, 6) is 0. The van der Waals surface area contributed by atoms with Crippen LogP contribution in [0.4, 0.5) is 0 Å². The Morgan fingerprint density at radius 1 is 1.88 bits per heavy atom. The Morgan fingerprint density at radius 2 is 2.62 bits per heavy atom. The largest absolute Gasteiger partial charge is 0.214 e. The summed E-state index contributed by atoms with van der Waals surface area (Å²) in [5.41, 5.74) is 0. The highest BCUT2D eigenvalue weighted by atomic mass is 127. The van der Waals surface area contributed by atoms with Crippen molar-refractivity contribution in [3.63, 3.8) is 0 Å². The van der Waals surface area contributed by atoms with Gasteiger partial charge in [-0.05, 0) is 0 Å². The van der Waals surface area contributed by atoms with Crippen molar-refractivity contribution < 1.29 is 0 Å². The van der Waals surface area contributed by atoms with Crippen molar-refractivity contribution in [3.05, 3.63) is 0 Å². The van der Waals surface area contributed by atoms with E-state index >= 15 is 0 Å². The molecule has 0 amide bonds. The lowest BCUT2D eigenvalue weighted by Crippen LogP contribution is -2.09. The molecule has 0 saturated heterocycles. The summed E-state index contributed by atoms with van der Waals surface area (Å²) < 4.78 is 1.62. The first-order valence-electron chi connectivity index (χ1n) is 2.06. The summed E-state index contributed by atoms with van der Waals surface area (Å²) in [5, 5.41) is 15.5. The second-order valence-electron chi connectivity index (χ2n) is 1.37. The van der Waals surface area contributed by atoms with Crippen molar-refractivity contribution in [2.45, 2.75) is 6.04 Å². The second kappa shape index (κ2) is 2.26. The molecule has 0 aromatic carbocycles. The molecule has 0 bridgehead atoms. The minimum absolute atomic E-state index is 0.244. The lowest BCUT2D eigenvalue weighted by molar-refractivity contribution is 0.595. The van der Waals surface area contributed by atoms with Crippen LogP contribution in [0.3, 0.4) is 0 Å². The normalized spacial score (nSPS) is 26.0. The molecule has 0 saturated carbocycles. The number of hydrogen-bond acceptors (Lipinski definition) is 4. The highest BCUT2D eigenvalue weighted by Gasteiger charge is 2.15. The van der Waals surface area contributed by atoms with Gasteiger partial charge in [-0.1, -0.05) is 5.22 Å². The van der Waals surface area contributed by atoms with Gasteiger partial charge in [0.15, 0.2) is 6.04 Å². The number of rotatable bonds is 0. The van der Waals surface area contributed by atoms with Crippen molar-refractivity contribution >= 4 is 22.9 Å². The predicted octanol–water partition coefficient (Wildman–Crippen LogP) is 0.911. The van der Waals surface area contributed by atoms with E-state index in [2.05, 4.69) is 10.3 Å². The van der Waals surface area contributed by atoms with E-state index in [-0.39, 0.29) is 6.04 Å². The van der Waals surface area contributed by atoms with Gasteiger partial charge in [0.1, 0.15) is 0 Å². The molecular weight excluding hydrogens is 219 g/mol. The minimum atomic E-state index is -0.244. The van der Waals surface area contributed by atoms with Crippen molar-refractivity contribution in [3.8, 4) is 6.07 Å². The first-order valence-corrected chi connectivity index (χ1v) is 3.03. The minimum Gasteiger partial charge on any atom is -0.214 e.